The van der Waals surface area contributed by atoms with Crippen molar-refractivity contribution in [2.75, 3.05) is 33.4 Å². The van der Waals surface area contributed by atoms with Crippen LogP contribution in [-0.2, 0) is 4.74 Å². The van der Waals surface area contributed by atoms with Gasteiger partial charge >= 0.3 is 0 Å². The molecule has 0 unspecified atom stereocenters. The summed E-state index contributed by atoms with van der Waals surface area (Å²) < 4.78 is 18.0. The van der Waals surface area contributed by atoms with E-state index < -0.39 is 6.10 Å². The van der Waals surface area contributed by atoms with Crippen molar-refractivity contribution in [3.8, 4) is 11.5 Å². The Hall–Kier alpha value is -2.86. The van der Waals surface area contributed by atoms with Gasteiger partial charge in [-0.1, -0.05) is 72.8 Å². The van der Waals surface area contributed by atoms with E-state index in [0.29, 0.717) is 19.7 Å². The molecule has 4 rings (SSSR count). The van der Waals surface area contributed by atoms with E-state index in [9.17, 15) is 5.11 Å². The van der Waals surface area contributed by atoms with E-state index in [4.69, 9.17) is 14.2 Å². The lowest BCUT2D eigenvalue weighted by molar-refractivity contribution is -0.0123. The molecular formula is C26H29NO4. The maximum absolute atomic E-state index is 10.6. The fourth-order valence-electron chi connectivity index (χ4n) is 3.84. The Balaban J connectivity index is 1.30. The molecule has 0 saturated heterocycles. The highest BCUT2D eigenvalue weighted by atomic mass is 16.6. The van der Waals surface area contributed by atoms with Crippen LogP contribution in [0, 0.1) is 0 Å². The van der Waals surface area contributed by atoms with Crippen LogP contribution in [-0.4, -0.2) is 55.6 Å². The largest absolute Gasteiger partial charge is 0.486 e. The molecule has 162 valence electrons. The van der Waals surface area contributed by atoms with Crippen LogP contribution in [0.5, 0.6) is 11.5 Å². The topological polar surface area (TPSA) is 51.2 Å². The maximum atomic E-state index is 10.6. The second-order valence-electron chi connectivity index (χ2n) is 7.91. The summed E-state index contributed by atoms with van der Waals surface area (Å²) in [5.41, 5.74) is 2.14. The molecule has 0 aliphatic carbocycles. The van der Waals surface area contributed by atoms with Gasteiger partial charge in [0.25, 0.3) is 0 Å². The van der Waals surface area contributed by atoms with Gasteiger partial charge in [-0.15, -0.1) is 0 Å². The van der Waals surface area contributed by atoms with Gasteiger partial charge in [-0.3, -0.25) is 4.90 Å². The molecule has 3 aromatic rings. The van der Waals surface area contributed by atoms with Crippen LogP contribution in [0.25, 0.3) is 0 Å². The molecule has 0 spiro atoms. The molecule has 1 N–H and O–H groups in total. The zero-order valence-corrected chi connectivity index (χ0v) is 17.8. The number of nitrogens with zero attached hydrogens (tertiary/aromatic N) is 1. The summed E-state index contributed by atoms with van der Waals surface area (Å²) in [7, 11) is 1.97. The van der Waals surface area contributed by atoms with E-state index in [2.05, 4.69) is 29.2 Å². The molecule has 1 aliphatic heterocycles. The van der Waals surface area contributed by atoms with Crippen molar-refractivity contribution >= 4 is 0 Å². The molecule has 31 heavy (non-hydrogen) atoms. The van der Waals surface area contributed by atoms with E-state index in [1.165, 1.54) is 0 Å². The number of aliphatic hydroxyl groups is 1. The summed E-state index contributed by atoms with van der Waals surface area (Å²) in [5.74, 6) is 1.55. The van der Waals surface area contributed by atoms with Crippen LogP contribution in [0.1, 0.15) is 17.2 Å². The van der Waals surface area contributed by atoms with Crippen molar-refractivity contribution in [2.45, 2.75) is 18.3 Å². The highest BCUT2D eigenvalue weighted by Crippen LogP contribution is 2.31. The van der Waals surface area contributed by atoms with Gasteiger partial charge in [0.15, 0.2) is 11.5 Å². The van der Waals surface area contributed by atoms with Crippen molar-refractivity contribution in [3.63, 3.8) is 0 Å². The molecule has 5 nitrogen and oxygen atoms in total. The fourth-order valence-corrected chi connectivity index (χ4v) is 3.84. The first-order valence-electron chi connectivity index (χ1n) is 10.7. The number of benzene rings is 3. The Morgan fingerprint density at radius 1 is 0.903 bits per heavy atom. The minimum absolute atomic E-state index is 0.0746. The lowest BCUT2D eigenvalue weighted by atomic mass is 10.0. The highest BCUT2D eigenvalue weighted by molar-refractivity contribution is 5.40. The number of hydrogen-bond acceptors (Lipinski definition) is 5. The van der Waals surface area contributed by atoms with Crippen LogP contribution >= 0.6 is 0 Å². The summed E-state index contributed by atoms with van der Waals surface area (Å²) in [6.45, 7) is 1.88. The molecule has 0 bridgehead atoms. The van der Waals surface area contributed by atoms with Crippen molar-refractivity contribution in [2.24, 2.45) is 0 Å². The predicted molar refractivity (Wildman–Crippen MR) is 121 cm³/mol. The third-order valence-corrected chi connectivity index (χ3v) is 5.27. The van der Waals surface area contributed by atoms with Gasteiger partial charge in [-0.25, -0.2) is 0 Å². The van der Waals surface area contributed by atoms with E-state index >= 15 is 0 Å². The average Bonchev–Trinajstić information content (AvgIpc) is 2.80. The van der Waals surface area contributed by atoms with Gasteiger partial charge in [0, 0.05) is 13.1 Å². The smallest absolute Gasteiger partial charge is 0.161 e. The highest BCUT2D eigenvalue weighted by Gasteiger charge is 2.23. The summed E-state index contributed by atoms with van der Waals surface area (Å²) in [6, 6.07) is 27.9. The minimum Gasteiger partial charge on any atom is -0.486 e. The molecule has 0 fully saturated rings. The fraction of sp³-hybridized carbons (Fsp3) is 0.308. The maximum Gasteiger partial charge on any atom is 0.161 e. The zero-order valence-electron chi connectivity index (χ0n) is 17.8. The average molecular weight is 420 g/mol. The standard InChI is InChI=1S/C26H29NO4/c1-27(17-23-19-29-24-14-8-9-15-25(24)31-23)16-22(28)18-30-26(20-10-4-2-5-11-20)21-12-6-3-7-13-21/h2-15,22-23,26,28H,16-19H2,1H3/t22-,23+/m1/s1. The Bertz CT molecular complexity index is 895. The van der Waals surface area contributed by atoms with E-state index in [-0.39, 0.29) is 18.8 Å². The van der Waals surface area contributed by atoms with E-state index in [1.54, 1.807) is 0 Å². The number of likely N-dealkylation sites (N-methyl/N-ethyl adjacent to an activating group) is 1. The van der Waals surface area contributed by atoms with Crippen molar-refractivity contribution in [1.82, 2.24) is 4.90 Å². The van der Waals surface area contributed by atoms with Crippen LogP contribution in [0.2, 0.25) is 0 Å². The second kappa shape index (κ2) is 10.4. The lowest BCUT2D eigenvalue weighted by Crippen LogP contribution is -2.42. The Morgan fingerprint density at radius 3 is 2.13 bits per heavy atom. The third-order valence-electron chi connectivity index (χ3n) is 5.27. The molecule has 3 aromatic carbocycles. The monoisotopic (exact) mass is 419 g/mol. The Kier molecular flexibility index (Phi) is 7.20. The van der Waals surface area contributed by atoms with Gasteiger partial charge in [-0.2, -0.15) is 0 Å². The van der Waals surface area contributed by atoms with Crippen LogP contribution in [0.4, 0.5) is 0 Å². The van der Waals surface area contributed by atoms with Crippen molar-refractivity contribution < 1.29 is 19.3 Å². The quantitative estimate of drug-likeness (QED) is 0.570. The minimum atomic E-state index is -0.614. The first-order valence-corrected chi connectivity index (χ1v) is 10.7. The number of para-hydroxylation sites is 2. The molecule has 2 atom stereocenters. The van der Waals surface area contributed by atoms with Crippen LogP contribution < -0.4 is 9.47 Å². The molecular weight excluding hydrogens is 390 g/mol. The normalized spacial score (nSPS) is 16.5. The number of rotatable bonds is 9. The SMILES string of the molecule is CN(C[C@@H](O)COC(c1ccccc1)c1ccccc1)C[C@H]1COc2ccccc2O1. The summed E-state index contributed by atoms with van der Waals surface area (Å²) >= 11 is 0. The van der Waals surface area contributed by atoms with Gasteiger partial charge in [0.1, 0.15) is 18.8 Å². The second-order valence-corrected chi connectivity index (χ2v) is 7.91. The first-order chi connectivity index (χ1) is 15.2. The van der Waals surface area contributed by atoms with Crippen LogP contribution in [0.3, 0.4) is 0 Å². The van der Waals surface area contributed by atoms with Crippen molar-refractivity contribution in [1.29, 1.82) is 0 Å². The first kappa shape index (κ1) is 21.4. The summed E-state index contributed by atoms with van der Waals surface area (Å²) in [6.07, 6.45) is -0.903. The van der Waals surface area contributed by atoms with E-state index in [1.807, 2.05) is 67.7 Å². The number of aliphatic hydroxyl groups excluding tert-OH is 1. The number of ether oxygens (including phenoxy) is 3. The lowest BCUT2D eigenvalue weighted by Gasteiger charge is -2.30. The van der Waals surface area contributed by atoms with Gasteiger partial charge < -0.3 is 19.3 Å². The van der Waals surface area contributed by atoms with Gasteiger partial charge in [0.2, 0.25) is 0 Å². The summed E-state index contributed by atoms with van der Waals surface area (Å²) in [5, 5.41) is 10.6. The third kappa shape index (κ3) is 5.85. The molecule has 0 amide bonds. The molecule has 0 radical (unpaired) electrons. The Morgan fingerprint density at radius 2 is 1.48 bits per heavy atom. The van der Waals surface area contributed by atoms with Crippen LogP contribution in [0.15, 0.2) is 84.9 Å². The van der Waals surface area contributed by atoms with Gasteiger partial charge in [0.05, 0.1) is 12.7 Å². The predicted octanol–water partition coefficient (Wildman–Crippen LogP) is 3.93. The molecule has 1 heterocycles. The Labute approximate surface area is 183 Å². The summed E-state index contributed by atoms with van der Waals surface area (Å²) in [4.78, 5) is 2.05. The zero-order chi connectivity index (χ0) is 21.5. The van der Waals surface area contributed by atoms with Crippen molar-refractivity contribution in [3.05, 3.63) is 96.1 Å². The molecule has 0 aromatic heterocycles. The molecule has 0 saturated carbocycles. The van der Waals surface area contributed by atoms with E-state index in [0.717, 1.165) is 22.6 Å². The number of hydrogen-bond donors (Lipinski definition) is 1. The molecule has 1 aliphatic rings. The number of fused-ring (bicyclic) bond motifs is 1. The van der Waals surface area contributed by atoms with Gasteiger partial charge in [-0.05, 0) is 30.3 Å². The molecule has 5 heteroatoms.